The minimum absolute atomic E-state index is 0.0917. The highest BCUT2D eigenvalue weighted by Gasteiger charge is 2.24. The molecule has 0 atom stereocenters. The van der Waals surface area contributed by atoms with Gasteiger partial charge in [-0.3, -0.25) is 10.1 Å². The molecule has 1 aliphatic rings. The Morgan fingerprint density at radius 3 is 2.41 bits per heavy atom. The first kappa shape index (κ1) is 22.2. The fourth-order valence-electron chi connectivity index (χ4n) is 3.16. The average Bonchev–Trinajstić information content (AvgIpc) is 2.76. The summed E-state index contributed by atoms with van der Waals surface area (Å²) in [5, 5.41) is 14.3. The molecule has 0 spiro atoms. The summed E-state index contributed by atoms with van der Waals surface area (Å²) in [6.07, 6.45) is 1.32. The lowest BCUT2D eigenvalue weighted by Gasteiger charge is -2.32. The Morgan fingerprint density at radius 2 is 1.83 bits per heavy atom. The lowest BCUT2D eigenvalue weighted by Crippen LogP contribution is -2.42. The van der Waals surface area contributed by atoms with E-state index in [1.165, 1.54) is 6.07 Å². The SMILES string of the molecule is CC.Cc1cc([N+](=O)[O-])ccc1NC1CCN(C(=O)OCc2ccccc2)CC1. The van der Waals surface area contributed by atoms with Gasteiger partial charge in [-0.2, -0.15) is 0 Å². The molecule has 0 aromatic heterocycles. The van der Waals surface area contributed by atoms with Crippen LogP contribution in [0.25, 0.3) is 0 Å². The van der Waals surface area contributed by atoms with Crippen molar-refractivity contribution in [3.63, 3.8) is 0 Å². The van der Waals surface area contributed by atoms with Crippen molar-refractivity contribution in [2.24, 2.45) is 0 Å². The van der Waals surface area contributed by atoms with E-state index in [4.69, 9.17) is 4.74 Å². The van der Waals surface area contributed by atoms with Gasteiger partial charge in [-0.25, -0.2) is 4.79 Å². The van der Waals surface area contributed by atoms with E-state index in [2.05, 4.69) is 5.32 Å². The zero-order chi connectivity index (χ0) is 21.2. The number of nitro groups is 1. The first-order valence-corrected chi connectivity index (χ1v) is 10.00. The number of carbonyl (C=O) groups excluding carboxylic acids is 1. The fourth-order valence-corrected chi connectivity index (χ4v) is 3.16. The smallest absolute Gasteiger partial charge is 0.410 e. The molecule has 156 valence electrons. The minimum atomic E-state index is -0.393. The van der Waals surface area contributed by atoms with Gasteiger partial charge in [0, 0.05) is 37.0 Å². The number of benzene rings is 2. The van der Waals surface area contributed by atoms with E-state index in [0.29, 0.717) is 13.1 Å². The molecule has 1 fully saturated rings. The van der Waals surface area contributed by atoms with E-state index in [-0.39, 0.29) is 24.4 Å². The minimum Gasteiger partial charge on any atom is -0.445 e. The van der Waals surface area contributed by atoms with Crippen molar-refractivity contribution in [2.45, 2.75) is 46.3 Å². The monoisotopic (exact) mass is 399 g/mol. The molecule has 1 aliphatic heterocycles. The van der Waals surface area contributed by atoms with Crippen LogP contribution in [0.4, 0.5) is 16.2 Å². The summed E-state index contributed by atoms with van der Waals surface area (Å²) in [6.45, 7) is 7.37. The zero-order valence-corrected chi connectivity index (χ0v) is 17.3. The van der Waals surface area contributed by atoms with Gasteiger partial charge in [0.1, 0.15) is 6.61 Å². The maximum absolute atomic E-state index is 12.2. The average molecular weight is 399 g/mol. The van der Waals surface area contributed by atoms with E-state index >= 15 is 0 Å². The Balaban J connectivity index is 0.00000145. The number of carbonyl (C=O) groups is 1. The van der Waals surface area contributed by atoms with Crippen molar-refractivity contribution in [2.75, 3.05) is 18.4 Å². The standard InChI is InChI=1S/C20H23N3O4.C2H6/c1-15-13-18(23(25)26)7-8-19(15)21-17-9-11-22(12-10-17)20(24)27-14-16-5-3-2-4-6-16;1-2/h2-8,13,17,21H,9-12,14H2,1H3;1-2H3. The maximum atomic E-state index is 12.2. The van der Waals surface area contributed by atoms with Gasteiger partial charge in [0.15, 0.2) is 0 Å². The molecule has 0 bridgehead atoms. The van der Waals surface area contributed by atoms with Crippen LogP contribution in [-0.4, -0.2) is 35.0 Å². The summed E-state index contributed by atoms with van der Waals surface area (Å²) in [7, 11) is 0. The molecular formula is C22H29N3O4. The first-order chi connectivity index (χ1) is 14.0. The number of anilines is 1. The fraction of sp³-hybridized carbons (Fsp3) is 0.409. The molecule has 1 saturated heterocycles. The van der Waals surface area contributed by atoms with Crippen LogP contribution >= 0.6 is 0 Å². The third-order valence-electron chi connectivity index (χ3n) is 4.74. The van der Waals surface area contributed by atoms with Gasteiger partial charge >= 0.3 is 6.09 Å². The Bertz CT molecular complexity index is 803. The van der Waals surface area contributed by atoms with Crippen LogP contribution in [0.5, 0.6) is 0 Å². The molecule has 2 aromatic carbocycles. The third kappa shape index (κ3) is 6.48. The number of nitrogens with one attached hydrogen (secondary N) is 1. The van der Waals surface area contributed by atoms with E-state index in [1.54, 1.807) is 17.0 Å². The van der Waals surface area contributed by atoms with Crippen molar-refractivity contribution in [3.8, 4) is 0 Å². The predicted molar refractivity (Wildman–Crippen MR) is 114 cm³/mol. The molecule has 1 heterocycles. The number of nitro benzene ring substituents is 1. The molecule has 2 aromatic rings. The summed E-state index contributed by atoms with van der Waals surface area (Å²) in [5.41, 5.74) is 2.80. The predicted octanol–water partition coefficient (Wildman–Crippen LogP) is 5.14. The number of nitrogens with zero attached hydrogens (tertiary/aromatic N) is 2. The normalized spacial score (nSPS) is 13.8. The van der Waals surface area contributed by atoms with Crippen LogP contribution in [0.1, 0.15) is 37.8 Å². The van der Waals surface area contributed by atoms with Crippen molar-refractivity contribution in [1.82, 2.24) is 4.90 Å². The Kier molecular flexibility index (Phi) is 8.45. The van der Waals surface area contributed by atoms with Crippen molar-refractivity contribution in [3.05, 3.63) is 69.8 Å². The zero-order valence-electron chi connectivity index (χ0n) is 17.3. The molecule has 1 amide bonds. The van der Waals surface area contributed by atoms with Crippen LogP contribution in [0, 0.1) is 17.0 Å². The molecular weight excluding hydrogens is 370 g/mol. The number of ether oxygens (including phenoxy) is 1. The second-order valence-electron chi connectivity index (χ2n) is 6.70. The molecule has 0 saturated carbocycles. The lowest BCUT2D eigenvalue weighted by atomic mass is 10.0. The number of hydrogen-bond donors (Lipinski definition) is 1. The van der Waals surface area contributed by atoms with Crippen LogP contribution in [0.15, 0.2) is 48.5 Å². The Morgan fingerprint density at radius 1 is 1.17 bits per heavy atom. The van der Waals surface area contributed by atoms with E-state index in [9.17, 15) is 14.9 Å². The van der Waals surface area contributed by atoms with Crippen molar-refractivity contribution >= 4 is 17.5 Å². The summed E-state index contributed by atoms with van der Waals surface area (Å²) in [6, 6.07) is 14.7. The molecule has 1 N–H and O–H groups in total. The number of non-ortho nitro benzene ring substituents is 1. The summed E-state index contributed by atoms with van der Waals surface area (Å²) < 4.78 is 5.38. The number of hydrogen-bond acceptors (Lipinski definition) is 5. The van der Waals surface area contributed by atoms with Gasteiger partial charge in [0.25, 0.3) is 5.69 Å². The number of aryl methyl sites for hydroxylation is 1. The molecule has 0 radical (unpaired) electrons. The van der Waals surface area contributed by atoms with E-state index in [1.807, 2.05) is 51.1 Å². The van der Waals surface area contributed by atoms with Gasteiger partial charge in [-0.05, 0) is 37.0 Å². The van der Waals surface area contributed by atoms with Gasteiger partial charge in [-0.15, -0.1) is 0 Å². The summed E-state index contributed by atoms with van der Waals surface area (Å²) >= 11 is 0. The molecule has 0 unspecified atom stereocenters. The number of rotatable bonds is 5. The van der Waals surface area contributed by atoms with E-state index in [0.717, 1.165) is 29.7 Å². The quantitative estimate of drug-likeness (QED) is 0.556. The maximum Gasteiger partial charge on any atom is 0.410 e. The molecule has 0 aliphatic carbocycles. The van der Waals surface area contributed by atoms with Crippen LogP contribution in [0.3, 0.4) is 0 Å². The van der Waals surface area contributed by atoms with Crippen LogP contribution < -0.4 is 5.32 Å². The molecule has 3 rings (SSSR count). The van der Waals surface area contributed by atoms with Crippen LogP contribution in [0.2, 0.25) is 0 Å². The highest BCUT2D eigenvalue weighted by atomic mass is 16.6. The largest absolute Gasteiger partial charge is 0.445 e. The number of likely N-dealkylation sites (tertiary alicyclic amines) is 1. The Hall–Kier alpha value is -3.09. The first-order valence-electron chi connectivity index (χ1n) is 10.00. The molecule has 7 heteroatoms. The third-order valence-corrected chi connectivity index (χ3v) is 4.74. The molecule has 7 nitrogen and oxygen atoms in total. The van der Waals surface area contributed by atoms with E-state index < -0.39 is 4.92 Å². The van der Waals surface area contributed by atoms with Gasteiger partial charge in [0.2, 0.25) is 0 Å². The highest BCUT2D eigenvalue weighted by Crippen LogP contribution is 2.24. The lowest BCUT2D eigenvalue weighted by molar-refractivity contribution is -0.384. The second-order valence-corrected chi connectivity index (χ2v) is 6.70. The van der Waals surface area contributed by atoms with Crippen LogP contribution in [-0.2, 0) is 11.3 Å². The Labute approximate surface area is 171 Å². The summed E-state index contributed by atoms with van der Waals surface area (Å²) in [5.74, 6) is 0. The topological polar surface area (TPSA) is 84.7 Å². The summed E-state index contributed by atoms with van der Waals surface area (Å²) in [4.78, 5) is 24.4. The van der Waals surface area contributed by atoms with Gasteiger partial charge < -0.3 is 15.0 Å². The number of amides is 1. The van der Waals surface area contributed by atoms with Gasteiger partial charge in [-0.1, -0.05) is 44.2 Å². The molecule has 29 heavy (non-hydrogen) atoms. The van der Waals surface area contributed by atoms with Gasteiger partial charge in [0.05, 0.1) is 4.92 Å². The highest BCUT2D eigenvalue weighted by molar-refractivity contribution is 5.67. The number of piperidine rings is 1. The van der Waals surface area contributed by atoms with Crippen molar-refractivity contribution in [1.29, 1.82) is 0 Å². The second kappa shape index (κ2) is 11.0. The van der Waals surface area contributed by atoms with Crippen molar-refractivity contribution < 1.29 is 14.5 Å².